The summed E-state index contributed by atoms with van der Waals surface area (Å²) in [5.74, 6) is 0. The predicted octanol–water partition coefficient (Wildman–Crippen LogP) is 5.32. The molecule has 0 bridgehead atoms. The van der Waals surface area contributed by atoms with Crippen molar-refractivity contribution in [2.45, 2.75) is 17.7 Å². The molecule has 0 spiro atoms. The number of hydrogen-bond donors (Lipinski definition) is 1. The zero-order chi connectivity index (χ0) is 15.1. The first-order valence-corrected chi connectivity index (χ1v) is 8.23. The Labute approximate surface area is 131 Å². The van der Waals surface area contributed by atoms with E-state index in [2.05, 4.69) is 55.2 Å². The number of allylic oxidation sites excluding steroid dienone is 6. The van der Waals surface area contributed by atoms with Gasteiger partial charge in [0.05, 0.1) is 0 Å². The Hall–Kier alpha value is -1.93. The molecule has 2 heteroatoms. The van der Waals surface area contributed by atoms with Crippen molar-refractivity contribution in [3.63, 3.8) is 0 Å². The third-order valence-electron chi connectivity index (χ3n) is 3.46. The van der Waals surface area contributed by atoms with E-state index in [-0.39, 0.29) is 0 Å². The van der Waals surface area contributed by atoms with E-state index in [4.69, 9.17) is 0 Å². The minimum atomic E-state index is 0.916. The molecule has 2 rings (SSSR count). The fourth-order valence-corrected chi connectivity index (χ4v) is 2.82. The highest BCUT2D eigenvalue weighted by atomic mass is 32.2. The summed E-state index contributed by atoms with van der Waals surface area (Å²) in [6.45, 7) is 8.21. The Morgan fingerprint density at radius 3 is 2.71 bits per heavy atom. The minimum absolute atomic E-state index is 0.916. The first-order chi connectivity index (χ1) is 10.2. The van der Waals surface area contributed by atoms with E-state index in [1.54, 1.807) is 11.8 Å². The number of benzene rings is 1. The van der Waals surface area contributed by atoms with Crippen LogP contribution in [-0.2, 0) is 0 Å². The van der Waals surface area contributed by atoms with Gasteiger partial charge in [-0.1, -0.05) is 43.5 Å². The Balaban J connectivity index is 2.32. The van der Waals surface area contributed by atoms with Crippen LogP contribution in [0.2, 0.25) is 0 Å². The van der Waals surface area contributed by atoms with Crippen LogP contribution in [-0.4, -0.2) is 6.26 Å². The molecule has 0 fully saturated rings. The summed E-state index contributed by atoms with van der Waals surface area (Å²) in [6, 6.07) is 8.51. The topological polar surface area (TPSA) is 12.0 Å². The van der Waals surface area contributed by atoms with E-state index in [9.17, 15) is 0 Å². The maximum Gasteiger partial charge on any atom is 0.0145 e. The summed E-state index contributed by atoms with van der Waals surface area (Å²) in [6.07, 6.45) is 13.9. The van der Waals surface area contributed by atoms with Crippen LogP contribution in [0.4, 0.5) is 0 Å². The lowest BCUT2D eigenvalue weighted by Gasteiger charge is -2.13. The van der Waals surface area contributed by atoms with Gasteiger partial charge in [0.15, 0.2) is 0 Å². The Morgan fingerprint density at radius 2 is 1.90 bits per heavy atom. The average molecular weight is 295 g/mol. The van der Waals surface area contributed by atoms with Crippen LogP contribution in [0.5, 0.6) is 0 Å². The zero-order valence-corrected chi connectivity index (χ0v) is 13.2. The molecule has 1 aliphatic rings. The van der Waals surface area contributed by atoms with E-state index in [0.717, 1.165) is 24.0 Å². The Morgan fingerprint density at radius 1 is 1.10 bits per heavy atom. The maximum atomic E-state index is 4.14. The van der Waals surface area contributed by atoms with Crippen molar-refractivity contribution in [2.75, 3.05) is 6.26 Å². The van der Waals surface area contributed by atoms with Gasteiger partial charge in [0.1, 0.15) is 0 Å². The van der Waals surface area contributed by atoms with E-state index in [1.807, 2.05) is 24.4 Å². The highest BCUT2D eigenvalue weighted by molar-refractivity contribution is 7.98. The summed E-state index contributed by atoms with van der Waals surface area (Å²) in [7, 11) is 0. The molecule has 108 valence electrons. The second-order valence-corrected chi connectivity index (χ2v) is 5.73. The first-order valence-electron chi connectivity index (χ1n) is 7.01. The van der Waals surface area contributed by atoms with Gasteiger partial charge < -0.3 is 5.32 Å². The fourth-order valence-electron chi connectivity index (χ4n) is 2.19. The monoisotopic (exact) mass is 295 g/mol. The average Bonchev–Trinajstić information content (AvgIpc) is 2.55. The van der Waals surface area contributed by atoms with Crippen LogP contribution in [0.3, 0.4) is 0 Å². The predicted molar refractivity (Wildman–Crippen MR) is 95.1 cm³/mol. The number of thioether (sulfide) groups is 1. The van der Waals surface area contributed by atoms with Crippen molar-refractivity contribution in [1.82, 2.24) is 5.32 Å². The van der Waals surface area contributed by atoms with Crippen molar-refractivity contribution in [1.29, 1.82) is 0 Å². The van der Waals surface area contributed by atoms with Gasteiger partial charge in [-0.3, -0.25) is 0 Å². The molecule has 1 aromatic rings. The van der Waals surface area contributed by atoms with Crippen LogP contribution in [0.25, 0.3) is 5.57 Å². The van der Waals surface area contributed by atoms with Gasteiger partial charge in [-0.2, -0.15) is 0 Å². The molecule has 0 saturated heterocycles. The highest BCUT2D eigenvalue weighted by Crippen LogP contribution is 2.30. The van der Waals surface area contributed by atoms with Gasteiger partial charge in [0, 0.05) is 17.3 Å². The molecule has 0 aromatic heterocycles. The van der Waals surface area contributed by atoms with E-state index in [1.165, 1.54) is 16.0 Å². The molecule has 1 aliphatic heterocycles. The van der Waals surface area contributed by atoms with Crippen molar-refractivity contribution in [3.8, 4) is 0 Å². The van der Waals surface area contributed by atoms with Crippen LogP contribution in [0.1, 0.15) is 18.4 Å². The van der Waals surface area contributed by atoms with Gasteiger partial charge in [-0.05, 0) is 53.5 Å². The number of rotatable bonds is 2. The molecule has 0 atom stereocenters. The van der Waals surface area contributed by atoms with Gasteiger partial charge in [-0.25, -0.2) is 0 Å². The highest BCUT2D eigenvalue weighted by Gasteiger charge is 2.08. The second-order valence-electron chi connectivity index (χ2n) is 4.88. The molecular formula is C19H21NS. The molecule has 1 aromatic carbocycles. The van der Waals surface area contributed by atoms with Crippen LogP contribution in [0.15, 0.2) is 84.1 Å². The summed E-state index contributed by atoms with van der Waals surface area (Å²) in [4.78, 5) is 1.30. The van der Waals surface area contributed by atoms with E-state index < -0.39 is 0 Å². The lowest BCUT2D eigenvalue weighted by molar-refractivity contribution is 1.00. The molecule has 1 nitrogen and oxygen atoms in total. The lowest BCUT2D eigenvalue weighted by Crippen LogP contribution is -1.98. The molecule has 0 saturated carbocycles. The van der Waals surface area contributed by atoms with Crippen molar-refractivity contribution in [3.05, 3.63) is 84.8 Å². The van der Waals surface area contributed by atoms with E-state index in [0.29, 0.717) is 0 Å². The van der Waals surface area contributed by atoms with Gasteiger partial charge >= 0.3 is 0 Å². The van der Waals surface area contributed by atoms with E-state index >= 15 is 0 Å². The summed E-state index contributed by atoms with van der Waals surface area (Å²) in [5, 5.41) is 3.25. The largest absolute Gasteiger partial charge is 0.367 e. The molecule has 0 radical (unpaired) electrons. The Kier molecular flexibility index (Phi) is 5.70. The van der Waals surface area contributed by atoms with Gasteiger partial charge in [0.2, 0.25) is 0 Å². The van der Waals surface area contributed by atoms with Crippen molar-refractivity contribution in [2.24, 2.45) is 0 Å². The molecule has 1 N–H and O–H groups in total. The normalized spacial score (nSPS) is 21.7. The smallest absolute Gasteiger partial charge is 0.0145 e. The quantitative estimate of drug-likeness (QED) is 0.742. The summed E-state index contributed by atoms with van der Waals surface area (Å²) < 4.78 is 0. The lowest BCUT2D eigenvalue weighted by atomic mass is 9.96. The molecule has 0 unspecified atom stereocenters. The molecule has 0 amide bonds. The third kappa shape index (κ3) is 4.27. The Bertz CT molecular complexity index is 620. The zero-order valence-electron chi connectivity index (χ0n) is 12.4. The first kappa shape index (κ1) is 15.5. The molecular weight excluding hydrogens is 274 g/mol. The van der Waals surface area contributed by atoms with Crippen LogP contribution >= 0.6 is 11.8 Å². The fraction of sp³-hybridized carbons (Fsp3) is 0.158. The van der Waals surface area contributed by atoms with Crippen molar-refractivity contribution >= 4 is 17.3 Å². The molecule has 1 heterocycles. The third-order valence-corrected chi connectivity index (χ3v) is 4.26. The summed E-state index contributed by atoms with van der Waals surface area (Å²) >= 11 is 1.78. The van der Waals surface area contributed by atoms with Crippen LogP contribution < -0.4 is 5.32 Å². The van der Waals surface area contributed by atoms with Gasteiger partial charge in [0.25, 0.3) is 0 Å². The number of nitrogens with one attached hydrogen (secondary N) is 1. The van der Waals surface area contributed by atoms with Crippen molar-refractivity contribution < 1.29 is 0 Å². The minimum Gasteiger partial charge on any atom is -0.367 e. The molecule has 21 heavy (non-hydrogen) atoms. The standard InChI is InChI=1S/C19H21NS/c1-15-8-6-7-13-20-14-17(12-11-16(15)2)18-9-4-5-10-19(18)21-3/h4-10,13-14,20H,1-2,11-12H2,3H3/b8-6-,13-7-,17-14+. The summed E-state index contributed by atoms with van der Waals surface area (Å²) in [5.41, 5.74) is 4.67. The number of hydrogen-bond acceptors (Lipinski definition) is 2. The second kappa shape index (κ2) is 7.75. The molecule has 0 aliphatic carbocycles. The maximum absolute atomic E-state index is 4.14. The SMILES string of the molecule is C=C1/C=C\C=C/N/C=C(/c2ccccc2SC)CCC1=C. The van der Waals surface area contributed by atoms with Crippen LogP contribution in [0, 0.1) is 0 Å². The van der Waals surface area contributed by atoms with Gasteiger partial charge in [-0.15, -0.1) is 11.8 Å².